The molecular weight excluding hydrogens is 280 g/mol. The van der Waals surface area contributed by atoms with E-state index in [1.807, 2.05) is 32.0 Å². The minimum absolute atomic E-state index is 0.0670. The van der Waals surface area contributed by atoms with Gasteiger partial charge in [0.05, 0.1) is 18.3 Å². The molecule has 2 unspecified atom stereocenters. The van der Waals surface area contributed by atoms with Gasteiger partial charge < -0.3 is 15.1 Å². The number of hydrogen-bond donors (Lipinski definition) is 2. The minimum atomic E-state index is -0.510. The molecule has 1 fully saturated rings. The molecule has 0 saturated carbocycles. The van der Waals surface area contributed by atoms with Crippen LogP contribution in [-0.2, 0) is 9.59 Å². The van der Waals surface area contributed by atoms with Crippen molar-refractivity contribution >= 4 is 17.9 Å². The molecule has 1 aromatic rings. The van der Waals surface area contributed by atoms with Crippen molar-refractivity contribution in [2.45, 2.75) is 26.3 Å². The number of nitriles is 1. The summed E-state index contributed by atoms with van der Waals surface area (Å²) in [4.78, 5) is 24.5. The lowest BCUT2D eigenvalue weighted by molar-refractivity contribution is -0.130. The van der Waals surface area contributed by atoms with E-state index >= 15 is 0 Å². The molecule has 2 atom stereocenters. The van der Waals surface area contributed by atoms with Crippen molar-refractivity contribution in [1.29, 1.82) is 5.26 Å². The van der Waals surface area contributed by atoms with E-state index in [2.05, 4.69) is 16.9 Å². The van der Waals surface area contributed by atoms with Gasteiger partial charge in [-0.2, -0.15) is 5.26 Å². The Balaban J connectivity index is 1.91. The highest BCUT2D eigenvalue weighted by atomic mass is 16.2. The van der Waals surface area contributed by atoms with E-state index in [1.165, 1.54) is 4.90 Å². The molecule has 2 N–H and O–H groups in total. The van der Waals surface area contributed by atoms with Gasteiger partial charge in [-0.25, -0.2) is 5.43 Å². The number of amides is 1. The fraction of sp³-hybridized carbons (Fsp3) is 0.438. The minimum Gasteiger partial charge on any atom is -0.325 e. The molecule has 0 bridgehead atoms. The zero-order valence-corrected chi connectivity index (χ0v) is 12.8. The Morgan fingerprint density at radius 3 is 2.73 bits per heavy atom. The maximum atomic E-state index is 12.2. The Hall–Kier alpha value is -2.39. The van der Waals surface area contributed by atoms with Crippen LogP contribution in [0.25, 0.3) is 0 Å². The van der Waals surface area contributed by atoms with Crippen LogP contribution < -0.4 is 10.9 Å². The lowest BCUT2D eigenvalue weighted by Crippen LogP contribution is -2.42. The molecule has 22 heavy (non-hydrogen) atoms. The van der Waals surface area contributed by atoms with Crippen LogP contribution in [0.3, 0.4) is 0 Å². The summed E-state index contributed by atoms with van der Waals surface area (Å²) >= 11 is 0. The second-order valence-corrected chi connectivity index (χ2v) is 5.57. The zero-order valence-electron chi connectivity index (χ0n) is 12.8. The molecule has 1 aliphatic rings. The number of likely N-dealkylation sites (tertiary alicyclic amines) is 1. The standard InChI is InChI=1S/C16H20N4O2/c1-11-4-3-5-12(2)16(11)19-18-8-15(22)20-9-13(10-21)6-14(20)7-17/h3-5,10,13-14,18-19H,6,8-9H2,1-2H3. The highest BCUT2D eigenvalue weighted by molar-refractivity contribution is 5.80. The number of nitrogens with one attached hydrogen (secondary N) is 2. The van der Waals surface area contributed by atoms with Crippen LogP contribution >= 0.6 is 0 Å². The molecule has 0 aromatic heterocycles. The molecular formula is C16H20N4O2. The average Bonchev–Trinajstić information content (AvgIpc) is 2.93. The molecule has 1 amide bonds. The number of hydrogen-bond acceptors (Lipinski definition) is 5. The molecule has 1 saturated heterocycles. The Bertz CT molecular complexity index is 588. The maximum Gasteiger partial charge on any atom is 0.239 e. The van der Waals surface area contributed by atoms with E-state index in [4.69, 9.17) is 5.26 Å². The van der Waals surface area contributed by atoms with Gasteiger partial charge in [0.25, 0.3) is 0 Å². The van der Waals surface area contributed by atoms with E-state index in [0.717, 1.165) is 23.1 Å². The van der Waals surface area contributed by atoms with Crippen LogP contribution in [0, 0.1) is 31.1 Å². The van der Waals surface area contributed by atoms with Gasteiger partial charge >= 0.3 is 0 Å². The van der Waals surface area contributed by atoms with Gasteiger partial charge in [0.1, 0.15) is 12.3 Å². The first-order valence-corrected chi connectivity index (χ1v) is 7.26. The predicted molar refractivity (Wildman–Crippen MR) is 82.8 cm³/mol. The van der Waals surface area contributed by atoms with Gasteiger partial charge in [-0.3, -0.25) is 4.79 Å². The lowest BCUT2D eigenvalue weighted by atomic mass is 10.1. The van der Waals surface area contributed by atoms with Gasteiger partial charge in [0.2, 0.25) is 5.91 Å². The molecule has 1 aromatic carbocycles. The van der Waals surface area contributed by atoms with Gasteiger partial charge in [0, 0.05) is 12.5 Å². The number of anilines is 1. The fourth-order valence-electron chi connectivity index (χ4n) is 2.69. The highest BCUT2D eigenvalue weighted by Gasteiger charge is 2.34. The monoisotopic (exact) mass is 300 g/mol. The summed E-state index contributed by atoms with van der Waals surface area (Å²) in [5.41, 5.74) is 9.05. The number of para-hydroxylation sites is 1. The molecule has 1 aliphatic heterocycles. The second-order valence-electron chi connectivity index (χ2n) is 5.57. The Kier molecular flexibility index (Phi) is 5.12. The van der Waals surface area contributed by atoms with Gasteiger partial charge in [-0.05, 0) is 31.4 Å². The van der Waals surface area contributed by atoms with E-state index in [9.17, 15) is 9.59 Å². The SMILES string of the molecule is Cc1cccc(C)c1NNCC(=O)N1CC(C=O)CC1C#N. The Morgan fingerprint density at radius 1 is 1.45 bits per heavy atom. The second kappa shape index (κ2) is 7.05. The third kappa shape index (κ3) is 3.43. The van der Waals surface area contributed by atoms with Gasteiger partial charge in [-0.1, -0.05) is 18.2 Å². The van der Waals surface area contributed by atoms with E-state index in [-0.39, 0.29) is 18.4 Å². The summed E-state index contributed by atoms with van der Waals surface area (Å²) in [5.74, 6) is -0.421. The van der Waals surface area contributed by atoms with Gasteiger partial charge in [-0.15, -0.1) is 0 Å². The molecule has 116 valence electrons. The zero-order chi connectivity index (χ0) is 16.1. The first-order chi connectivity index (χ1) is 10.6. The summed E-state index contributed by atoms with van der Waals surface area (Å²) in [6.07, 6.45) is 1.25. The van der Waals surface area contributed by atoms with Crippen LogP contribution in [0.1, 0.15) is 17.5 Å². The van der Waals surface area contributed by atoms with Crippen LogP contribution in [0.15, 0.2) is 18.2 Å². The average molecular weight is 300 g/mol. The molecule has 6 nitrogen and oxygen atoms in total. The molecule has 0 radical (unpaired) electrons. The van der Waals surface area contributed by atoms with Gasteiger partial charge in [0.15, 0.2) is 0 Å². The number of benzene rings is 1. The number of carbonyl (C=O) groups is 2. The largest absolute Gasteiger partial charge is 0.325 e. The van der Waals surface area contributed by atoms with Crippen molar-refractivity contribution < 1.29 is 9.59 Å². The molecule has 0 spiro atoms. The maximum absolute atomic E-state index is 12.2. The number of hydrazine groups is 1. The van der Waals surface area contributed by atoms with Crippen molar-refractivity contribution in [2.75, 3.05) is 18.5 Å². The van der Waals surface area contributed by atoms with E-state index in [1.54, 1.807) is 0 Å². The summed E-state index contributed by atoms with van der Waals surface area (Å²) < 4.78 is 0. The fourth-order valence-corrected chi connectivity index (χ4v) is 2.69. The van der Waals surface area contributed by atoms with Crippen molar-refractivity contribution in [3.8, 4) is 6.07 Å². The Morgan fingerprint density at radius 2 is 2.14 bits per heavy atom. The van der Waals surface area contributed by atoms with Crippen LogP contribution in [0.2, 0.25) is 0 Å². The van der Waals surface area contributed by atoms with Crippen molar-refractivity contribution in [1.82, 2.24) is 10.3 Å². The van der Waals surface area contributed by atoms with E-state index < -0.39 is 6.04 Å². The summed E-state index contributed by atoms with van der Waals surface area (Å²) in [6, 6.07) is 7.52. The molecule has 1 heterocycles. The van der Waals surface area contributed by atoms with Crippen molar-refractivity contribution in [3.63, 3.8) is 0 Å². The first-order valence-electron chi connectivity index (χ1n) is 7.26. The summed E-state index contributed by atoms with van der Waals surface area (Å²) in [7, 11) is 0. The lowest BCUT2D eigenvalue weighted by Gasteiger charge is -2.20. The normalized spacial score (nSPS) is 20.5. The smallest absolute Gasteiger partial charge is 0.239 e. The topological polar surface area (TPSA) is 85.2 Å². The molecule has 6 heteroatoms. The highest BCUT2D eigenvalue weighted by Crippen LogP contribution is 2.21. The van der Waals surface area contributed by atoms with Crippen LogP contribution in [0.4, 0.5) is 5.69 Å². The quantitative estimate of drug-likeness (QED) is 0.629. The third-order valence-electron chi connectivity index (χ3n) is 3.93. The number of rotatable bonds is 5. The number of nitrogens with zero attached hydrogens (tertiary/aromatic N) is 2. The number of aldehydes is 1. The van der Waals surface area contributed by atoms with Crippen molar-refractivity contribution in [2.24, 2.45) is 5.92 Å². The Labute approximate surface area is 130 Å². The van der Waals surface area contributed by atoms with Crippen molar-refractivity contribution in [3.05, 3.63) is 29.3 Å². The first kappa shape index (κ1) is 16.0. The number of carbonyl (C=O) groups excluding carboxylic acids is 2. The van der Waals surface area contributed by atoms with Crippen LogP contribution in [-0.4, -0.2) is 36.2 Å². The summed E-state index contributed by atoms with van der Waals surface area (Å²) in [5, 5.41) is 9.08. The summed E-state index contributed by atoms with van der Waals surface area (Å²) in [6.45, 7) is 4.36. The third-order valence-corrected chi connectivity index (χ3v) is 3.93. The van der Waals surface area contributed by atoms with E-state index in [0.29, 0.717) is 13.0 Å². The predicted octanol–water partition coefficient (Wildman–Crippen LogP) is 1.16. The molecule has 2 rings (SSSR count). The number of aryl methyl sites for hydroxylation is 2. The molecule has 0 aliphatic carbocycles. The van der Waals surface area contributed by atoms with Crippen LogP contribution in [0.5, 0.6) is 0 Å².